The van der Waals surface area contributed by atoms with Crippen LogP contribution in [0.4, 0.5) is 0 Å². The highest BCUT2D eigenvalue weighted by Gasteiger charge is 2.54. The molecule has 7 N–H and O–H groups in total. The number of carbonyl (C=O) groups is 2. The second kappa shape index (κ2) is 33.6. The van der Waals surface area contributed by atoms with Gasteiger partial charge in [0.2, 0.25) is 0 Å². The quantitative estimate of drug-likeness (QED) is 0.0103. The predicted molar refractivity (Wildman–Crippen MR) is 241 cm³/mol. The Hall–Kier alpha value is -1.82. The van der Waals surface area contributed by atoms with Crippen LogP contribution >= 0.6 is 15.6 Å². The first-order chi connectivity index (χ1) is 30.6. The van der Waals surface area contributed by atoms with Gasteiger partial charge in [-0.25, -0.2) is 9.13 Å². The van der Waals surface area contributed by atoms with Crippen molar-refractivity contribution >= 4 is 27.6 Å². The van der Waals surface area contributed by atoms with Crippen LogP contribution in [0.5, 0.6) is 0 Å². The summed E-state index contributed by atoms with van der Waals surface area (Å²) < 4.78 is 55.0. The number of rotatable bonds is 38. The summed E-state index contributed by atoms with van der Waals surface area (Å²) in [5.41, 5.74) is 0. The molecule has 2 fully saturated rings. The van der Waals surface area contributed by atoms with Crippen molar-refractivity contribution in [2.75, 3.05) is 13.2 Å². The molecule has 0 aromatic carbocycles. The topological polar surface area (TPSA) is 269 Å². The van der Waals surface area contributed by atoms with E-state index in [1.807, 2.05) is 12.2 Å². The fourth-order valence-electron chi connectivity index (χ4n) is 7.35. The van der Waals surface area contributed by atoms with Gasteiger partial charge in [0.15, 0.2) is 6.10 Å². The van der Waals surface area contributed by atoms with Crippen molar-refractivity contribution in [2.24, 2.45) is 0 Å². The van der Waals surface area contributed by atoms with Gasteiger partial charge in [-0.3, -0.25) is 23.2 Å². The molecule has 1 saturated carbocycles. The van der Waals surface area contributed by atoms with Crippen LogP contribution in [-0.2, 0) is 46.5 Å². The van der Waals surface area contributed by atoms with Gasteiger partial charge in [-0.2, -0.15) is 0 Å². The van der Waals surface area contributed by atoms with Crippen molar-refractivity contribution in [1.29, 1.82) is 0 Å². The first kappa shape index (κ1) is 58.3. The molecule has 1 aliphatic carbocycles. The first-order valence-electron chi connectivity index (χ1n) is 23.7. The molecule has 10 atom stereocenters. The summed E-state index contributed by atoms with van der Waals surface area (Å²) in [6.45, 7) is 3.02. The Bertz CT molecular complexity index is 1450. The van der Waals surface area contributed by atoms with Crippen LogP contribution < -0.4 is 0 Å². The fourth-order valence-corrected chi connectivity index (χ4v) is 8.89. The van der Waals surface area contributed by atoms with Gasteiger partial charge in [0.25, 0.3) is 0 Å². The molecular weight excluding hydrogens is 874 g/mol. The van der Waals surface area contributed by atoms with E-state index in [-0.39, 0.29) is 12.8 Å². The Labute approximate surface area is 380 Å². The lowest BCUT2D eigenvalue weighted by Gasteiger charge is -2.43. The van der Waals surface area contributed by atoms with Gasteiger partial charge in [-0.05, 0) is 44.9 Å². The summed E-state index contributed by atoms with van der Waals surface area (Å²) >= 11 is 0. The Morgan fingerprint density at radius 1 is 0.578 bits per heavy atom. The molecule has 0 spiro atoms. The normalized spacial score (nSPS) is 25.3. The van der Waals surface area contributed by atoms with Crippen molar-refractivity contribution in [3.63, 3.8) is 0 Å². The molecule has 2 aliphatic rings. The Kier molecular flexibility index (Phi) is 30.6. The van der Waals surface area contributed by atoms with E-state index in [2.05, 4.69) is 42.7 Å². The number of phosphoric acid groups is 2. The third kappa shape index (κ3) is 27.1. The molecule has 64 heavy (non-hydrogen) atoms. The average Bonchev–Trinajstić information content (AvgIpc) is 4.00. The minimum Gasteiger partial charge on any atom is -0.462 e. The number of carbonyl (C=O) groups excluding carboxylic acids is 2. The van der Waals surface area contributed by atoms with Gasteiger partial charge in [-0.15, -0.1) is 0 Å². The molecule has 19 heteroatoms. The summed E-state index contributed by atoms with van der Waals surface area (Å²) in [5, 5.41) is 41.2. The highest BCUT2D eigenvalue weighted by atomic mass is 31.2. The molecular formula is C45H80O17P2. The number of aliphatic hydroxyl groups excluding tert-OH is 4. The molecule has 0 amide bonds. The molecule has 0 aromatic rings. The number of hydrogen-bond acceptors (Lipinski definition) is 14. The van der Waals surface area contributed by atoms with Crippen LogP contribution in [0.15, 0.2) is 36.5 Å². The van der Waals surface area contributed by atoms with Gasteiger partial charge in [0.1, 0.15) is 43.2 Å². The van der Waals surface area contributed by atoms with E-state index >= 15 is 0 Å². The number of aliphatic hydroxyl groups is 4. The van der Waals surface area contributed by atoms with Gasteiger partial charge in [0, 0.05) is 12.8 Å². The monoisotopic (exact) mass is 954 g/mol. The van der Waals surface area contributed by atoms with E-state index in [0.717, 1.165) is 51.4 Å². The Balaban J connectivity index is 1.82. The van der Waals surface area contributed by atoms with E-state index in [1.165, 1.54) is 70.6 Å². The first-order valence-corrected chi connectivity index (χ1v) is 26.7. The smallest absolute Gasteiger partial charge is 0.462 e. The molecule has 0 radical (unpaired) electrons. The van der Waals surface area contributed by atoms with Gasteiger partial charge < -0.3 is 49.3 Å². The molecule has 1 heterocycles. The number of epoxide rings is 1. The Morgan fingerprint density at radius 3 is 1.69 bits per heavy atom. The lowest BCUT2D eigenvalue weighted by atomic mass is 9.85. The molecule has 0 aromatic heterocycles. The van der Waals surface area contributed by atoms with Crippen molar-refractivity contribution in [1.82, 2.24) is 0 Å². The number of ether oxygens (including phenoxy) is 3. The van der Waals surface area contributed by atoms with Crippen LogP contribution in [-0.4, -0.2) is 115 Å². The van der Waals surface area contributed by atoms with E-state index in [0.29, 0.717) is 31.5 Å². The van der Waals surface area contributed by atoms with Crippen molar-refractivity contribution in [2.45, 2.75) is 223 Å². The standard InChI is InChI=1S/C45H80O17P2/c1-3-5-7-8-9-10-11-12-13-17-20-23-27-31-38(46)57-33-35(34-58-64(55,56)62-45-42(50)40(48)41(49)44(43(45)51)61-63(52,53)54)59-39(47)32-28-24-21-18-15-14-16-19-22-26-30-37-36(60-37)29-25-6-4-2/h14,16,18,21-22,26,35-37,40-45,48-51H,3-13,15,17,19-20,23-25,27-34H2,1-2H3,(H,55,56)(H2,52,53,54)/b16-14-,21-18-,26-22-/t35-,36?,37?,40?,41?,42?,43?,44-,45+/m1/s1. The fraction of sp³-hybridized carbons (Fsp3) is 0.822. The zero-order chi connectivity index (χ0) is 47.2. The minimum atomic E-state index is -5.37. The van der Waals surface area contributed by atoms with Crippen LogP contribution in [0.25, 0.3) is 0 Å². The zero-order valence-electron chi connectivity index (χ0n) is 38.2. The maximum Gasteiger partial charge on any atom is 0.472 e. The van der Waals surface area contributed by atoms with Crippen LogP contribution in [0.3, 0.4) is 0 Å². The maximum absolute atomic E-state index is 13.0. The third-order valence-electron chi connectivity index (χ3n) is 11.1. The summed E-state index contributed by atoms with van der Waals surface area (Å²) in [5.74, 6) is -1.27. The summed E-state index contributed by atoms with van der Waals surface area (Å²) in [7, 11) is -10.7. The second-order valence-corrected chi connectivity index (χ2v) is 19.5. The molecule has 1 aliphatic heterocycles. The molecule has 372 valence electrons. The van der Waals surface area contributed by atoms with E-state index in [1.54, 1.807) is 0 Å². The summed E-state index contributed by atoms with van der Waals surface area (Å²) in [6.07, 6.45) is 21.4. The van der Waals surface area contributed by atoms with Crippen LogP contribution in [0.1, 0.15) is 168 Å². The number of unbranched alkanes of at least 4 members (excludes halogenated alkanes) is 15. The average molecular weight is 955 g/mol. The van der Waals surface area contributed by atoms with Crippen LogP contribution in [0, 0.1) is 0 Å². The van der Waals surface area contributed by atoms with E-state index in [4.69, 9.17) is 33.0 Å². The zero-order valence-corrected chi connectivity index (χ0v) is 39.9. The van der Waals surface area contributed by atoms with E-state index in [9.17, 15) is 44.0 Å². The molecule has 0 bridgehead atoms. The van der Waals surface area contributed by atoms with Gasteiger partial charge in [0.05, 0.1) is 18.8 Å². The SMILES string of the molecule is CCCCCCCCCCCCCCCC(=O)OC[C@H](COP(=O)(O)O[C@H]1C(O)C(O)C(O)[C@@H](OP(=O)(O)O)C1O)OC(=O)CCC/C=C\C/C=C\C/C=C\CC1OC1CCCCC. The third-order valence-corrected chi connectivity index (χ3v) is 12.6. The summed E-state index contributed by atoms with van der Waals surface area (Å²) in [4.78, 5) is 54.2. The van der Waals surface area contributed by atoms with Crippen LogP contribution in [0.2, 0.25) is 0 Å². The van der Waals surface area contributed by atoms with Crippen molar-refractivity contribution < 1.29 is 81.6 Å². The van der Waals surface area contributed by atoms with E-state index < -0.39 is 83.5 Å². The number of hydrogen-bond donors (Lipinski definition) is 7. The lowest BCUT2D eigenvalue weighted by Crippen LogP contribution is -2.64. The van der Waals surface area contributed by atoms with Crippen molar-refractivity contribution in [3.8, 4) is 0 Å². The molecule has 17 nitrogen and oxygen atoms in total. The number of allylic oxidation sites excluding steroid dienone is 5. The molecule has 1 saturated heterocycles. The second-order valence-electron chi connectivity index (χ2n) is 16.9. The number of phosphoric ester groups is 2. The maximum atomic E-state index is 13.0. The predicted octanol–water partition coefficient (Wildman–Crippen LogP) is 7.72. The molecule has 2 rings (SSSR count). The highest BCUT2D eigenvalue weighted by Crippen LogP contribution is 2.49. The Morgan fingerprint density at radius 2 is 1.09 bits per heavy atom. The largest absolute Gasteiger partial charge is 0.472 e. The molecule has 7 unspecified atom stereocenters. The minimum absolute atomic E-state index is 0.0343. The lowest BCUT2D eigenvalue weighted by molar-refractivity contribution is -0.216. The highest BCUT2D eigenvalue weighted by molar-refractivity contribution is 7.47. The van der Waals surface area contributed by atoms with Gasteiger partial charge >= 0.3 is 27.6 Å². The van der Waals surface area contributed by atoms with Crippen molar-refractivity contribution in [3.05, 3.63) is 36.5 Å². The summed E-state index contributed by atoms with van der Waals surface area (Å²) in [6, 6.07) is 0. The van der Waals surface area contributed by atoms with Gasteiger partial charge in [-0.1, -0.05) is 147 Å². The number of esters is 2.